The number of alkyl halides is 3. The Hall–Kier alpha value is -3.65. The Bertz CT molecular complexity index is 1240. The van der Waals surface area contributed by atoms with E-state index >= 15 is 0 Å². The first-order valence-electron chi connectivity index (χ1n) is 11.6. The topological polar surface area (TPSA) is 85.7 Å². The van der Waals surface area contributed by atoms with E-state index in [4.69, 9.17) is 22.2 Å². The van der Waals surface area contributed by atoms with Gasteiger partial charge in [-0.2, -0.15) is 18.4 Å². The first-order chi connectivity index (χ1) is 17.3. The van der Waals surface area contributed by atoms with E-state index in [0.29, 0.717) is 24.3 Å². The highest BCUT2D eigenvalue weighted by Crippen LogP contribution is 2.37. The molecule has 7 nitrogen and oxygen atoms in total. The Labute approximate surface area is 218 Å². The SMILES string of the molecule is CC(C)NC(=O)c1ccc(OCCCN2C(=S)N(c3ccc(C#N)c(C(F)(F)F)c3)C(=O)C2(C)C)cc1. The number of nitrogens with zero attached hydrogens (tertiary/aromatic N) is 3. The molecule has 1 fully saturated rings. The van der Waals surface area contributed by atoms with Crippen LogP contribution in [0.5, 0.6) is 5.75 Å². The third-order valence-corrected chi connectivity index (χ3v) is 6.24. The lowest BCUT2D eigenvalue weighted by atomic mass is 10.0. The maximum Gasteiger partial charge on any atom is 0.417 e. The fourth-order valence-corrected chi connectivity index (χ4v) is 4.41. The molecule has 0 radical (unpaired) electrons. The molecule has 0 aliphatic carbocycles. The summed E-state index contributed by atoms with van der Waals surface area (Å²) in [6.07, 6.45) is -4.28. The van der Waals surface area contributed by atoms with Crippen molar-refractivity contribution in [2.75, 3.05) is 18.1 Å². The van der Waals surface area contributed by atoms with Crippen molar-refractivity contribution in [2.45, 2.75) is 51.9 Å². The Kier molecular flexibility index (Phi) is 8.12. The molecular formula is C26H27F3N4O3S. The van der Waals surface area contributed by atoms with Crippen LogP contribution in [-0.4, -0.2) is 46.6 Å². The highest BCUT2D eigenvalue weighted by Gasteiger charge is 2.49. The van der Waals surface area contributed by atoms with Crippen molar-refractivity contribution in [1.29, 1.82) is 5.26 Å². The van der Waals surface area contributed by atoms with Crippen molar-refractivity contribution in [2.24, 2.45) is 0 Å². The van der Waals surface area contributed by atoms with Gasteiger partial charge in [-0.15, -0.1) is 0 Å². The number of thiocarbonyl (C=S) groups is 1. The number of carbonyl (C=O) groups excluding carboxylic acids is 2. The van der Waals surface area contributed by atoms with E-state index in [2.05, 4.69) is 5.32 Å². The van der Waals surface area contributed by atoms with Crippen LogP contribution in [0.3, 0.4) is 0 Å². The van der Waals surface area contributed by atoms with E-state index in [1.165, 1.54) is 12.1 Å². The number of carbonyl (C=O) groups is 2. The number of ether oxygens (including phenoxy) is 1. The minimum absolute atomic E-state index is 0.0238. The van der Waals surface area contributed by atoms with Crippen molar-refractivity contribution in [3.05, 3.63) is 59.2 Å². The second-order valence-electron chi connectivity index (χ2n) is 9.33. The molecule has 2 aromatic carbocycles. The van der Waals surface area contributed by atoms with Crippen molar-refractivity contribution in [3.63, 3.8) is 0 Å². The molecule has 0 unspecified atom stereocenters. The summed E-state index contributed by atoms with van der Waals surface area (Å²) < 4.78 is 46.1. The predicted octanol–water partition coefficient (Wildman–Crippen LogP) is 4.90. The summed E-state index contributed by atoms with van der Waals surface area (Å²) >= 11 is 5.49. The molecule has 1 aliphatic heterocycles. The summed E-state index contributed by atoms with van der Waals surface area (Å²) in [7, 11) is 0. The Morgan fingerprint density at radius 2 is 1.84 bits per heavy atom. The normalized spacial score (nSPS) is 15.2. The monoisotopic (exact) mass is 532 g/mol. The molecule has 0 bridgehead atoms. The van der Waals surface area contributed by atoms with Crippen LogP contribution >= 0.6 is 12.2 Å². The average Bonchev–Trinajstić information content (AvgIpc) is 2.99. The van der Waals surface area contributed by atoms with Gasteiger partial charge in [-0.05, 0) is 88.8 Å². The van der Waals surface area contributed by atoms with Gasteiger partial charge >= 0.3 is 6.18 Å². The summed E-state index contributed by atoms with van der Waals surface area (Å²) in [6.45, 7) is 7.66. The molecular weight excluding hydrogens is 505 g/mol. The summed E-state index contributed by atoms with van der Waals surface area (Å²) in [6, 6.07) is 11.3. The lowest BCUT2D eigenvalue weighted by molar-refractivity contribution is -0.137. The number of anilines is 1. The first kappa shape index (κ1) is 27.9. The first-order valence-corrected chi connectivity index (χ1v) is 12.0. The third kappa shape index (κ3) is 6.02. The van der Waals surface area contributed by atoms with Gasteiger partial charge in [-0.25, -0.2) is 0 Å². The van der Waals surface area contributed by atoms with Crippen molar-refractivity contribution in [3.8, 4) is 11.8 Å². The van der Waals surface area contributed by atoms with E-state index in [1.807, 2.05) is 13.8 Å². The van der Waals surface area contributed by atoms with E-state index in [-0.39, 0.29) is 29.4 Å². The molecule has 0 aromatic heterocycles. The lowest BCUT2D eigenvalue weighted by Crippen LogP contribution is -2.44. The van der Waals surface area contributed by atoms with Gasteiger partial charge in [0, 0.05) is 18.2 Å². The molecule has 0 atom stereocenters. The molecule has 3 rings (SSSR count). The molecule has 1 heterocycles. The standard InChI is InChI=1S/C26H27F3N4O3S/c1-16(2)31-22(34)17-7-10-20(11-8-17)36-13-5-12-32-24(37)33(23(35)25(32,3)4)19-9-6-18(15-30)21(14-19)26(27,28)29/h6-11,14,16H,5,12-13H2,1-4H3,(H,31,34). The summed E-state index contributed by atoms with van der Waals surface area (Å²) in [5.74, 6) is -0.0731. The molecule has 37 heavy (non-hydrogen) atoms. The number of hydrogen-bond donors (Lipinski definition) is 1. The number of nitrogens with one attached hydrogen (secondary N) is 1. The number of amides is 2. The molecule has 0 saturated carbocycles. The van der Waals surface area contributed by atoms with Gasteiger partial charge in [0.15, 0.2) is 5.11 Å². The van der Waals surface area contributed by atoms with Crippen LogP contribution in [0.4, 0.5) is 18.9 Å². The van der Waals surface area contributed by atoms with Crippen LogP contribution in [0.25, 0.3) is 0 Å². The van der Waals surface area contributed by atoms with E-state index < -0.39 is 28.7 Å². The lowest BCUT2D eigenvalue weighted by Gasteiger charge is -2.29. The summed E-state index contributed by atoms with van der Waals surface area (Å²) in [5, 5.41) is 11.9. The van der Waals surface area contributed by atoms with E-state index in [1.54, 1.807) is 43.0 Å². The van der Waals surface area contributed by atoms with Gasteiger partial charge in [0.2, 0.25) is 0 Å². The smallest absolute Gasteiger partial charge is 0.417 e. The average molecular weight is 533 g/mol. The Balaban J connectivity index is 1.66. The number of nitriles is 1. The molecule has 11 heteroatoms. The fourth-order valence-electron chi connectivity index (χ4n) is 3.90. The highest BCUT2D eigenvalue weighted by molar-refractivity contribution is 7.80. The van der Waals surface area contributed by atoms with E-state index in [9.17, 15) is 22.8 Å². The van der Waals surface area contributed by atoms with Gasteiger partial charge in [0.25, 0.3) is 11.8 Å². The molecule has 196 valence electrons. The quantitative estimate of drug-likeness (QED) is 0.385. The van der Waals surface area contributed by atoms with Gasteiger partial charge in [0.05, 0.1) is 29.5 Å². The zero-order valence-corrected chi connectivity index (χ0v) is 21.7. The molecule has 1 N–H and O–H groups in total. The maximum atomic E-state index is 13.5. The largest absolute Gasteiger partial charge is 0.494 e. The minimum atomic E-state index is -4.76. The van der Waals surface area contributed by atoms with Gasteiger partial charge in [-0.3, -0.25) is 14.5 Å². The number of benzene rings is 2. The van der Waals surface area contributed by atoms with Crippen LogP contribution in [0.1, 0.15) is 55.6 Å². The van der Waals surface area contributed by atoms with Crippen molar-refractivity contribution in [1.82, 2.24) is 10.2 Å². The zero-order chi connectivity index (χ0) is 27.5. The molecule has 0 spiro atoms. The van der Waals surface area contributed by atoms with Crippen LogP contribution in [0.2, 0.25) is 0 Å². The Morgan fingerprint density at radius 3 is 2.41 bits per heavy atom. The minimum Gasteiger partial charge on any atom is -0.494 e. The Morgan fingerprint density at radius 1 is 1.19 bits per heavy atom. The molecule has 1 aliphatic rings. The number of rotatable bonds is 8. The van der Waals surface area contributed by atoms with Gasteiger partial charge < -0.3 is 15.0 Å². The van der Waals surface area contributed by atoms with Crippen LogP contribution in [0.15, 0.2) is 42.5 Å². The second kappa shape index (κ2) is 10.8. The maximum absolute atomic E-state index is 13.5. The van der Waals surface area contributed by atoms with Crippen LogP contribution in [0, 0.1) is 11.3 Å². The number of hydrogen-bond acceptors (Lipinski definition) is 5. The predicted molar refractivity (Wildman–Crippen MR) is 136 cm³/mol. The van der Waals surface area contributed by atoms with Gasteiger partial charge in [-0.1, -0.05) is 0 Å². The third-order valence-electron chi connectivity index (χ3n) is 5.84. The molecule has 2 amide bonds. The zero-order valence-electron chi connectivity index (χ0n) is 20.8. The van der Waals surface area contributed by atoms with Crippen LogP contribution < -0.4 is 15.0 Å². The second-order valence-corrected chi connectivity index (χ2v) is 9.69. The van der Waals surface area contributed by atoms with Crippen molar-refractivity contribution < 1.29 is 27.5 Å². The number of halogens is 3. The van der Waals surface area contributed by atoms with Crippen molar-refractivity contribution >= 4 is 34.8 Å². The highest BCUT2D eigenvalue weighted by atomic mass is 32.1. The fraction of sp³-hybridized carbons (Fsp3) is 0.385. The van der Waals surface area contributed by atoms with E-state index in [0.717, 1.165) is 17.0 Å². The van der Waals surface area contributed by atoms with Gasteiger partial charge in [0.1, 0.15) is 11.3 Å². The molecule has 2 aromatic rings. The summed E-state index contributed by atoms with van der Waals surface area (Å²) in [4.78, 5) is 27.9. The van der Waals surface area contributed by atoms with Crippen LogP contribution in [-0.2, 0) is 11.0 Å². The molecule has 1 saturated heterocycles. The summed E-state index contributed by atoms with van der Waals surface area (Å²) in [5.41, 5.74) is -2.28.